The molecule has 0 fully saturated rings. The van der Waals surface area contributed by atoms with Gasteiger partial charge in [0.15, 0.2) is 0 Å². The maximum absolute atomic E-state index is 12.8. The Morgan fingerprint density at radius 3 is 2.53 bits per heavy atom. The highest BCUT2D eigenvalue weighted by Gasteiger charge is 2.14. The number of carboxylic acid groups (broad SMARTS) is 1. The Labute approximate surface area is 110 Å². The Morgan fingerprint density at radius 2 is 1.95 bits per heavy atom. The van der Waals surface area contributed by atoms with E-state index >= 15 is 0 Å². The predicted molar refractivity (Wildman–Crippen MR) is 67.3 cm³/mol. The fourth-order valence-electron chi connectivity index (χ4n) is 1.40. The molecule has 2 rings (SSSR count). The van der Waals surface area contributed by atoms with E-state index in [0.29, 0.717) is 5.00 Å². The predicted octanol–water partition coefficient (Wildman–Crippen LogP) is 2.54. The molecule has 0 aliphatic heterocycles. The van der Waals surface area contributed by atoms with E-state index in [4.69, 9.17) is 5.11 Å². The van der Waals surface area contributed by atoms with Crippen molar-refractivity contribution in [1.82, 2.24) is 0 Å². The minimum atomic E-state index is -1.09. The van der Waals surface area contributed by atoms with E-state index in [1.807, 2.05) is 0 Å². The van der Waals surface area contributed by atoms with E-state index in [2.05, 4.69) is 5.32 Å². The number of hydrogen-bond acceptors (Lipinski definition) is 4. The van der Waals surface area contributed by atoms with Crippen molar-refractivity contribution in [2.75, 3.05) is 5.32 Å². The molecule has 1 amide bonds. The number of halogens is 1. The Morgan fingerprint density at radius 1 is 1.21 bits per heavy atom. The van der Waals surface area contributed by atoms with Crippen LogP contribution < -0.4 is 5.32 Å². The average Bonchev–Trinajstić information content (AvgIpc) is 2.77. The molecule has 1 aromatic carbocycles. The third-order valence-corrected chi connectivity index (χ3v) is 3.25. The zero-order chi connectivity index (χ0) is 14.0. The molecule has 0 atom stereocenters. The summed E-state index contributed by atoms with van der Waals surface area (Å²) in [5.74, 6) is -2.86. The first-order valence-electron chi connectivity index (χ1n) is 5.10. The highest BCUT2D eigenvalue weighted by atomic mass is 32.1. The number of aromatic hydroxyl groups is 1. The number of carboxylic acids is 1. The molecule has 1 aromatic heterocycles. The quantitative estimate of drug-likeness (QED) is 0.807. The Bertz CT molecular complexity index is 653. The van der Waals surface area contributed by atoms with Crippen molar-refractivity contribution in [1.29, 1.82) is 0 Å². The van der Waals surface area contributed by atoms with Crippen molar-refractivity contribution in [3.05, 3.63) is 46.6 Å². The number of aromatic carboxylic acids is 1. The number of amides is 1. The van der Waals surface area contributed by atoms with Crippen LogP contribution in [0.4, 0.5) is 9.39 Å². The van der Waals surface area contributed by atoms with Crippen LogP contribution in [0.3, 0.4) is 0 Å². The summed E-state index contributed by atoms with van der Waals surface area (Å²) >= 11 is 0.886. The van der Waals surface area contributed by atoms with Crippen LogP contribution >= 0.6 is 11.3 Å². The lowest BCUT2D eigenvalue weighted by molar-refractivity contribution is 0.0702. The molecule has 1 heterocycles. The molecule has 0 unspecified atom stereocenters. The van der Waals surface area contributed by atoms with E-state index in [9.17, 15) is 19.1 Å². The Kier molecular flexibility index (Phi) is 3.48. The van der Waals surface area contributed by atoms with Gasteiger partial charge in [-0.2, -0.15) is 0 Å². The molecule has 2 aromatic rings. The standard InChI is InChI=1S/C12H8FNO4S/c13-6-1-2-7(8(15)5-6)11(16)14-10-4-3-9(19-10)12(17)18/h1-5,15H,(H,14,16)(H,17,18). The lowest BCUT2D eigenvalue weighted by atomic mass is 10.2. The van der Waals surface area contributed by atoms with Crippen LogP contribution in [0.15, 0.2) is 30.3 Å². The molecule has 19 heavy (non-hydrogen) atoms. The van der Waals surface area contributed by atoms with E-state index in [0.717, 1.165) is 29.5 Å². The molecule has 0 aliphatic rings. The number of anilines is 1. The number of rotatable bonds is 3. The average molecular weight is 281 g/mol. The summed E-state index contributed by atoms with van der Waals surface area (Å²) in [5, 5.41) is 20.9. The maximum atomic E-state index is 12.8. The summed E-state index contributed by atoms with van der Waals surface area (Å²) in [6.07, 6.45) is 0. The number of carbonyl (C=O) groups is 2. The lowest BCUT2D eigenvalue weighted by Gasteiger charge is -2.04. The fraction of sp³-hybridized carbons (Fsp3) is 0. The fourth-order valence-corrected chi connectivity index (χ4v) is 2.14. The minimum Gasteiger partial charge on any atom is -0.507 e. The normalized spacial score (nSPS) is 10.2. The van der Waals surface area contributed by atoms with Crippen molar-refractivity contribution >= 4 is 28.2 Å². The lowest BCUT2D eigenvalue weighted by Crippen LogP contribution is -2.11. The summed E-state index contributed by atoms with van der Waals surface area (Å²) in [6.45, 7) is 0. The number of thiophene rings is 1. The highest BCUT2D eigenvalue weighted by molar-refractivity contribution is 7.18. The number of hydrogen-bond donors (Lipinski definition) is 3. The second-order valence-corrected chi connectivity index (χ2v) is 4.67. The first kappa shape index (κ1) is 13.0. The maximum Gasteiger partial charge on any atom is 0.345 e. The second-order valence-electron chi connectivity index (χ2n) is 3.58. The van der Waals surface area contributed by atoms with Gasteiger partial charge in [-0.1, -0.05) is 0 Å². The van der Waals surface area contributed by atoms with Gasteiger partial charge in [-0.15, -0.1) is 11.3 Å². The summed E-state index contributed by atoms with van der Waals surface area (Å²) < 4.78 is 12.8. The van der Waals surface area contributed by atoms with Gasteiger partial charge in [-0.3, -0.25) is 4.79 Å². The summed E-state index contributed by atoms with van der Waals surface area (Å²) in [5.41, 5.74) is -0.0910. The van der Waals surface area contributed by atoms with Crippen molar-refractivity contribution < 1.29 is 24.2 Å². The highest BCUT2D eigenvalue weighted by Crippen LogP contribution is 2.24. The summed E-state index contributed by atoms with van der Waals surface area (Å²) in [6, 6.07) is 5.81. The van der Waals surface area contributed by atoms with Gasteiger partial charge in [-0.25, -0.2) is 9.18 Å². The van der Waals surface area contributed by atoms with Crippen LogP contribution in [-0.4, -0.2) is 22.1 Å². The smallest absolute Gasteiger partial charge is 0.345 e. The molecular weight excluding hydrogens is 273 g/mol. The first-order chi connectivity index (χ1) is 8.97. The minimum absolute atomic E-state index is 0.0821. The van der Waals surface area contributed by atoms with E-state index < -0.39 is 23.4 Å². The molecule has 0 saturated heterocycles. The zero-order valence-electron chi connectivity index (χ0n) is 9.38. The van der Waals surface area contributed by atoms with Crippen molar-refractivity contribution in [2.24, 2.45) is 0 Å². The zero-order valence-corrected chi connectivity index (χ0v) is 10.2. The molecule has 0 spiro atoms. The van der Waals surface area contributed by atoms with Gasteiger partial charge in [0.05, 0.1) is 10.6 Å². The van der Waals surface area contributed by atoms with Gasteiger partial charge in [0.25, 0.3) is 5.91 Å². The summed E-state index contributed by atoms with van der Waals surface area (Å²) in [4.78, 5) is 22.6. The Hall–Kier alpha value is -2.41. The monoisotopic (exact) mass is 281 g/mol. The number of nitrogens with one attached hydrogen (secondary N) is 1. The van der Waals surface area contributed by atoms with E-state index in [1.165, 1.54) is 12.1 Å². The van der Waals surface area contributed by atoms with Gasteiger partial charge in [-0.05, 0) is 24.3 Å². The third kappa shape index (κ3) is 2.89. The molecule has 0 saturated carbocycles. The molecule has 5 nitrogen and oxygen atoms in total. The van der Waals surface area contributed by atoms with Crippen LogP contribution in [0, 0.1) is 5.82 Å². The summed E-state index contributed by atoms with van der Waals surface area (Å²) in [7, 11) is 0. The van der Waals surface area contributed by atoms with Gasteiger partial charge < -0.3 is 15.5 Å². The SMILES string of the molecule is O=C(O)c1ccc(NC(=O)c2ccc(F)cc2O)s1. The first-order valence-corrected chi connectivity index (χ1v) is 5.92. The van der Waals surface area contributed by atoms with Gasteiger partial charge >= 0.3 is 5.97 Å². The van der Waals surface area contributed by atoms with E-state index in [-0.39, 0.29) is 10.4 Å². The van der Waals surface area contributed by atoms with Gasteiger partial charge in [0, 0.05) is 6.07 Å². The molecule has 7 heteroatoms. The largest absolute Gasteiger partial charge is 0.507 e. The van der Waals surface area contributed by atoms with Crippen LogP contribution in [0.1, 0.15) is 20.0 Å². The van der Waals surface area contributed by atoms with Crippen LogP contribution in [0.25, 0.3) is 0 Å². The molecule has 98 valence electrons. The topological polar surface area (TPSA) is 86.6 Å². The van der Waals surface area contributed by atoms with Crippen LogP contribution in [-0.2, 0) is 0 Å². The molecular formula is C12H8FNO4S. The van der Waals surface area contributed by atoms with Crippen molar-refractivity contribution in [2.45, 2.75) is 0 Å². The van der Waals surface area contributed by atoms with Gasteiger partial charge in [0.2, 0.25) is 0 Å². The van der Waals surface area contributed by atoms with Gasteiger partial charge in [0.1, 0.15) is 16.4 Å². The van der Waals surface area contributed by atoms with Crippen LogP contribution in [0.2, 0.25) is 0 Å². The second kappa shape index (κ2) is 5.07. The number of phenolic OH excluding ortho intramolecular Hbond substituents is 1. The molecule has 3 N–H and O–H groups in total. The Balaban J connectivity index is 2.18. The van der Waals surface area contributed by atoms with Crippen molar-refractivity contribution in [3.63, 3.8) is 0 Å². The molecule has 0 radical (unpaired) electrons. The number of carbonyl (C=O) groups excluding carboxylic acids is 1. The number of phenols is 1. The van der Waals surface area contributed by atoms with Crippen molar-refractivity contribution in [3.8, 4) is 5.75 Å². The number of benzene rings is 1. The van der Waals surface area contributed by atoms with E-state index in [1.54, 1.807) is 0 Å². The van der Waals surface area contributed by atoms with Crippen LogP contribution in [0.5, 0.6) is 5.75 Å². The third-order valence-electron chi connectivity index (χ3n) is 2.26. The molecule has 0 aliphatic carbocycles. The molecule has 0 bridgehead atoms.